The minimum atomic E-state index is 0.311. The summed E-state index contributed by atoms with van der Waals surface area (Å²) in [6, 6.07) is 2.22. The molecule has 1 rings (SSSR count). The molecule has 1 aliphatic carbocycles. The van der Waals surface area contributed by atoms with Crippen molar-refractivity contribution in [1.82, 2.24) is 0 Å². The average molecular weight is 217 g/mol. The number of nitrogens with zero attached hydrogens (tertiary/aromatic N) is 1. The number of hydrogen-bond acceptors (Lipinski definition) is 1. The molecule has 0 saturated heterocycles. The van der Waals surface area contributed by atoms with Gasteiger partial charge in [0.25, 0.3) is 0 Å². The molecule has 88 valence electrons. The highest BCUT2D eigenvalue weighted by molar-refractivity contribution is 5.32. The van der Waals surface area contributed by atoms with Crippen LogP contribution in [0.2, 0.25) is 0 Å². The topological polar surface area (TPSA) is 23.8 Å². The van der Waals surface area contributed by atoms with Crippen LogP contribution in [0.5, 0.6) is 0 Å². The zero-order valence-corrected chi connectivity index (χ0v) is 11.0. The lowest BCUT2D eigenvalue weighted by Crippen LogP contribution is -2.19. The van der Waals surface area contributed by atoms with E-state index in [9.17, 15) is 0 Å². The first kappa shape index (κ1) is 13.0. The summed E-state index contributed by atoms with van der Waals surface area (Å²) < 4.78 is 0. The standard InChI is InChI=1S/C15H23N/c1-12(9-11-16)7-8-14-13(2)6-5-10-15(14,3)4/h7-8,12H,5-6,9-10H2,1-4H3/b8-7+/t12-/m1/s1. The third-order valence-electron chi connectivity index (χ3n) is 3.55. The predicted octanol–water partition coefficient (Wildman–Crippen LogP) is 4.62. The molecule has 1 aliphatic rings. The molecule has 0 bridgehead atoms. The first-order valence-electron chi connectivity index (χ1n) is 6.23. The van der Waals surface area contributed by atoms with Gasteiger partial charge in [-0.3, -0.25) is 0 Å². The van der Waals surface area contributed by atoms with Crippen molar-refractivity contribution in [2.24, 2.45) is 11.3 Å². The minimum absolute atomic E-state index is 0.311. The molecule has 0 aromatic heterocycles. The van der Waals surface area contributed by atoms with Gasteiger partial charge < -0.3 is 0 Å². The largest absolute Gasteiger partial charge is 0.198 e. The third-order valence-corrected chi connectivity index (χ3v) is 3.55. The normalized spacial score (nSPS) is 22.2. The van der Waals surface area contributed by atoms with E-state index in [1.54, 1.807) is 0 Å². The Kier molecular flexibility index (Phi) is 4.35. The molecule has 0 heterocycles. The van der Waals surface area contributed by atoms with Crippen LogP contribution in [0, 0.1) is 22.7 Å². The molecule has 0 unspecified atom stereocenters. The van der Waals surface area contributed by atoms with E-state index in [1.807, 2.05) is 0 Å². The number of hydrogen-bond donors (Lipinski definition) is 0. The Morgan fingerprint density at radius 2 is 2.19 bits per heavy atom. The van der Waals surface area contributed by atoms with Gasteiger partial charge in [0.2, 0.25) is 0 Å². The van der Waals surface area contributed by atoms with E-state index < -0.39 is 0 Å². The van der Waals surface area contributed by atoms with Gasteiger partial charge in [0, 0.05) is 6.42 Å². The molecule has 1 atom stereocenters. The molecule has 0 N–H and O–H groups in total. The Bertz CT molecular complexity index is 339. The van der Waals surface area contributed by atoms with Crippen LogP contribution in [-0.2, 0) is 0 Å². The maximum absolute atomic E-state index is 8.63. The van der Waals surface area contributed by atoms with E-state index in [0.717, 1.165) is 0 Å². The smallest absolute Gasteiger partial charge is 0.0627 e. The number of nitriles is 1. The third kappa shape index (κ3) is 3.23. The van der Waals surface area contributed by atoms with E-state index in [4.69, 9.17) is 5.26 Å². The summed E-state index contributed by atoms with van der Waals surface area (Å²) in [6.07, 6.45) is 8.88. The molecule has 0 amide bonds. The van der Waals surface area contributed by atoms with Crippen LogP contribution in [0.3, 0.4) is 0 Å². The van der Waals surface area contributed by atoms with E-state index >= 15 is 0 Å². The molecular formula is C15H23N. The predicted molar refractivity (Wildman–Crippen MR) is 68.9 cm³/mol. The zero-order chi connectivity index (χ0) is 12.2. The molecule has 16 heavy (non-hydrogen) atoms. The summed E-state index contributed by atoms with van der Waals surface area (Å²) in [5.41, 5.74) is 3.32. The number of allylic oxidation sites excluding steroid dienone is 4. The van der Waals surface area contributed by atoms with Gasteiger partial charge in [-0.2, -0.15) is 5.26 Å². The van der Waals surface area contributed by atoms with Crippen molar-refractivity contribution in [2.45, 2.75) is 53.4 Å². The van der Waals surface area contributed by atoms with Crippen LogP contribution in [0.1, 0.15) is 53.4 Å². The summed E-state index contributed by atoms with van der Waals surface area (Å²) >= 11 is 0. The second-order valence-corrected chi connectivity index (χ2v) is 5.63. The summed E-state index contributed by atoms with van der Waals surface area (Å²) in [4.78, 5) is 0. The van der Waals surface area contributed by atoms with Crippen molar-refractivity contribution in [3.05, 3.63) is 23.3 Å². The van der Waals surface area contributed by atoms with Gasteiger partial charge in [0.1, 0.15) is 0 Å². The number of rotatable bonds is 3. The second-order valence-electron chi connectivity index (χ2n) is 5.63. The summed E-state index contributed by atoms with van der Waals surface area (Å²) in [6.45, 7) is 9.00. The molecule has 0 spiro atoms. The summed E-state index contributed by atoms with van der Waals surface area (Å²) in [5, 5.41) is 8.63. The molecule has 1 nitrogen and oxygen atoms in total. The quantitative estimate of drug-likeness (QED) is 0.676. The Morgan fingerprint density at radius 1 is 1.50 bits per heavy atom. The van der Waals surface area contributed by atoms with Gasteiger partial charge in [-0.15, -0.1) is 0 Å². The SMILES string of the molecule is CC1=C(/C=C/[C@@H](C)CC#N)C(C)(C)CCC1. The maximum atomic E-state index is 8.63. The highest BCUT2D eigenvalue weighted by Crippen LogP contribution is 2.40. The highest BCUT2D eigenvalue weighted by atomic mass is 14.3. The fourth-order valence-electron chi connectivity index (χ4n) is 2.48. The Labute approximate surface area is 99.9 Å². The van der Waals surface area contributed by atoms with Gasteiger partial charge in [-0.1, -0.05) is 38.5 Å². The van der Waals surface area contributed by atoms with Gasteiger partial charge in [-0.25, -0.2) is 0 Å². The minimum Gasteiger partial charge on any atom is -0.198 e. The van der Waals surface area contributed by atoms with Crippen molar-refractivity contribution >= 4 is 0 Å². The molecule has 0 aromatic carbocycles. The van der Waals surface area contributed by atoms with Gasteiger partial charge >= 0.3 is 0 Å². The van der Waals surface area contributed by atoms with Crippen molar-refractivity contribution < 1.29 is 0 Å². The average Bonchev–Trinajstić information content (AvgIpc) is 2.16. The van der Waals surface area contributed by atoms with Crippen molar-refractivity contribution in [2.75, 3.05) is 0 Å². The maximum Gasteiger partial charge on any atom is 0.0627 e. The molecule has 0 aliphatic heterocycles. The Hall–Kier alpha value is -1.03. The van der Waals surface area contributed by atoms with Crippen molar-refractivity contribution in [1.29, 1.82) is 5.26 Å². The van der Waals surface area contributed by atoms with Crippen molar-refractivity contribution in [3.8, 4) is 6.07 Å². The van der Waals surface area contributed by atoms with Crippen LogP contribution < -0.4 is 0 Å². The first-order chi connectivity index (χ1) is 7.47. The lowest BCUT2D eigenvalue weighted by atomic mass is 9.72. The Morgan fingerprint density at radius 3 is 2.75 bits per heavy atom. The van der Waals surface area contributed by atoms with E-state index in [0.29, 0.717) is 17.8 Å². The monoisotopic (exact) mass is 217 g/mol. The van der Waals surface area contributed by atoms with Crippen LogP contribution >= 0.6 is 0 Å². The lowest BCUT2D eigenvalue weighted by molar-refractivity contribution is 0.376. The molecule has 0 radical (unpaired) electrons. The molecule has 0 fully saturated rings. The second kappa shape index (κ2) is 5.34. The molecule has 0 saturated carbocycles. The fraction of sp³-hybridized carbons (Fsp3) is 0.667. The van der Waals surface area contributed by atoms with Crippen LogP contribution in [0.15, 0.2) is 23.3 Å². The Balaban J connectivity index is 2.82. The summed E-state index contributed by atoms with van der Waals surface area (Å²) in [7, 11) is 0. The van der Waals surface area contributed by atoms with Crippen LogP contribution in [0.25, 0.3) is 0 Å². The molecular weight excluding hydrogens is 194 g/mol. The summed E-state index contributed by atoms with van der Waals surface area (Å²) in [5.74, 6) is 0.364. The first-order valence-corrected chi connectivity index (χ1v) is 6.23. The van der Waals surface area contributed by atoms with E-state index in [1.165, 1.54) is 30.4 Å². The van der Waals surface area contributed by atoms with Crippen LogP contribution in [-0.4, -0.2) is 0 Å². The van der Waals surface area contributed by atoms with E-state index in [2.05, 4.69) is 45.9 Å². The van der Waals surface area contributed by atoms with Crippen molar-refractivity contribution in [3.63, 3.8) is 0 Å². The van der Waals surface area contributed by atoms with Gasteiger partial charge in [0.15, 0.2) is 0 Å². The van der Waals surface area contributed by atoms with E-state index in [-0.39, 0.29) is 0 Å². The van der Waals surface area contributed by atoms with Crippen LogP contribution in [0.4, 0.5) is 0 Å². The fourth-order valence-corrected chi connectivity index (χ4v) is 2.48. The zero-order valence-electron chi connectivity index (χ0n) is 11.0. The van der Waals surface area contributed by atoms with Gasteiger partial charge in [-0.05, 0) is 43.1 Å². The molecule has 1 heteroatoms. The van der Waals surface area contributed by atoms with Gasteiger partial charge in [0.05, 0.1) is 6.07 Å². The highest BCUT2D eigenvalue weighted by Gasteiger charge is 2.26. The molecule has 0 aromatic rings. The lowest BCUT2D eigenvalue weighted by Gasteiger charge is -2.33.